The lowest BCUT2D eigenvalue weighted by Gasteiger charge is -2.38. The standard InChI is InChI=1S/C13H21N3O2S/c1-5-18-12(17)11-10(3)19-13(14-11)16-7-6-15(4)8-9(16)2/h9H,5-8H2,1-4H3. The Morgan fingerprint density at radius 3 is 2.89 bits per heavy atom. The summed E-state index contributed by atoms with van der Waals surface area (Å²) >= 11 is 1.58. The van der Waals surface area contributed by atoms with E-state index in [1.54, 1.807) is 11.3 Å². The molecule has 0 aliphatic carbocycles. The summed E-state index contributed by atoms with van der Waals surface area (Å²) in [6.45, 7) is 9.31. The van der Waals surface area contributed by atoms with E-state index in [4.69, 9.17) is 4.74 Å². The van der Waals surface area contributed by atoms with Crippen molar-refractivity contribution in [2.24, 2.45) is 0 Å². The molecule has 1 aliphatic heterocycles. The Morgan fingerprint density at radius 2 is 2.26 bits per heavy atom. The van der Waals surface area contributed by atoms with Gasteiger partial charge in [-0.05, 0) is 27.8 Å². The molecule has 5 nitrogen and oxygen atoms in total. The highest BCUT2D eigenvalue weighted by atomic mass is 32.1. The molecule has 1 aromatic rings. The van der Waals surface area contributed by atoms with Crippen LogP contribution in [0.3, 0.4) is 0 Å². The maximum absolute atomic E-state index is 11.8. The molecule has 1 aromatic heterocycles. The summed E-state index contributed by atoms with van der Waals surface area (Å²) in [5.41, 5.74) is 0.466. The van der Waals surface area contributed by atoms with Gasteiger partial charge in [0.1, 0.15) is 0 Å². The number of hydrogen-bond donors (Lipinski definition) is 0. The second-order valence-electron chi connectivity index (χ2n) is 4.93. The third-order valence-electron chi connectivity index (χ3n) is 3.33. The van der Waals surface area contributed by atoms with Gasteiger partial charge < -0.3 is 14.5 Å². The maximum Gasteiger partial charge on any atom is 0.358 e. The topological polar surface area (TPSA) is 45.7 Å². The van der Waals surface area contributed by atoms with Crippen LogP contribution in [0, 0.1) is 6.92 Å². The molecule has 106 valence electrons. The number of aromatic nitrogens is 1. The maximum atomic E-state index is 11.8. The minimum Gasteiger partial charge on any atom is -0.461 e. The van der Waals surface area contributed by atoms with E-state index in [0.717, 1.165) is 29.6 Å². The first-order chi connectivity index (χ1) is 9.02. The monoisotopic (exact) mass is 283 g/mol. The SMILES string of the molecule is CCOC(=O)c1nc(N2CCN(C)CC2C)sc1C. The van der Waals surface area contributed by atoms with E-state index in [1.807, 2.05) is 13.8 Å². The van der Waals surface area contributed by atoms with Crippen molar-refractivity contribution in [1.82, 2.24) is 9.88 Å². The van der Waals surface area contributed by atoms with Crippen LogP contribution in [0.4, 0.5) is 5.13 Å². The van der Waals surface area contributed by atoms with Gasteiger partial charge in [-0.3, -0.25) is 0 Å². The van der Waals surface area contributed by atoms with Crippen LogP contribution in [0.25, 0.3) is 0 Å². The van der Waals surface area contributed by atoms with Crippen molar-refractivity contribution >= 4 is 22.4 Å². The van der Waals surface area contributed by atoms with E-state index in [9.17, 15) is 4.79 Å². The summed E-state index contributed by atoms with van der Waals surface area (Å²) in [5.74, 6) is -0.315. The van der Waals surface area contributed by atoms with E-state index in [-0.39, 0.29) is 5.97 Å². The van der Waals surface area contributed by atoms with Crippen molar-refractivity contribution in [1.29, 1.82) is 0 Å². The number of rotatable bonds is 3. The van der Waals surface area contributed by atoms with E-state index < -0.39 is 0 Å². The highest BCUT2D eigenvalue weighted by Crippen LogP contribution is 2.28. The Morgan fingerprint density at radius 1 is 1.53 bits per heavy atom. The van der Waals surface area contributed by atoms with Crippen molar-refractivity contribution in [3.63, 3.8) is 0 Å². The summed E-state index contributed by atoms with van der Waals surface area (Å²) in [5, 5.41) is 0.932. The Hall–Kier alpha value is -1.14. The van der Waals surface area contributed by atoms with Crippen LogP contribution >= 0.6 is 11.3 Å². The Labute approximate surface area is 118 Å². The molecular formula is C13H21N3O2S. The molecule has 2 rings (SSSR count). The Bertz CT molecular complexity index is 461. The molecule has 0 N–H and O–H groups in total. The zero-order chi connectivity index (χ0) is 14.0. The van der Waals surface area contributed by atoms with Crippen molar-refractivity contribution in [3.05, 3.63) is 10.6 Å². The molecule has 1 saturated heterocycles. The number of anilines is 1. The fourth-order valence-electron chi connectivity index (χ4n) is 2.32. The molecule has 2 heterocycles. The number of hydrogen-bond acceptors (Lipinski definition) is 6. The van der Waals surface area contributed by atoms with Gasteiger partial charge in [-0.15, -0.1) is 11.3 Å². The van der Waals surface area contributed by atoms with Crippen LogP contribution in [0.1, 0.15) is 29.2 Å². The van der Waals surface area contributed by atoms with Crippen LogP contribution in [0.2, 0.25) is 0 Å². The van der Waals surface area contributed by atoms with Crippen LogP contribution in [0.5, 0.6) is 0 Å². The fraction of sp³-hybridized carbons (Fsp3) is 0.692. The van der Waals surface area contributed by atoms with Gasteiger partial charge >= 0.3 is 5.97 Å². The lowest BCUT2D eigenvalue weighted by atomic mass is 10.2. The molecule has 0 saturated carbocycles. The van der Waals surface area contributed by atoms with E-state index in [2.05, 4.69) is 28.8 Å². The second-order valence-corrected chi connectivity index (χ2v) is 6.11. The number of aryl methyl sites for hydroxylation is 1. The zero-order valence-corrected chi connectivity index (χ0v) is 12.8. The van der Waals surface area contributed by atoms with Crippen LogP contribution in [0.15, 0.2) is 0 Å². The first kappa shape index (κ1) is 14.3. The van der Waals surface area contributed by atoms with Crippen molar-refractivity contribution in [3.8, 4) is 0 Å². The molecule has 1 atom stereocenters. The Kier molecular flexibility index (Phi) is 4.42. The van der Waals surface area contributed by atoms with E-state index >= 15 is 0 Å². The van der Waals surface area contributed by atoms with Gasteiger partial charge in [-0.25, -0.2) is 9.78 Å². The van der Waals surface area contributed by atoms with Crippen molar-refractivity contribution < 1.29 is 9.53 Å². The van der Waals surface area contributed by atoms with Gasteiger partial charge in [0.25, 0.3) is 0 Å². The minimum atomic E-state index is -0.315. The van der Waals surface area contributed by atoms with Gasteiger partial charge in [0, 0.05) is 30.6 Å². The summed E-state index contributed by atoms with van der Waals surface area (Å²) in [6, 6.07) is 0.416. The first-order valence-electron chi connectivity index (χ1n) is 6.62. The summed E-state index contributed by atoms with van der Waals surface area (Å²) in [6.07, 6.45) is 0. The molecule has 0 amide bonds. The van der Waals surface area contributed by atoms with Gasteiger partial charge in [-0.1, -0.05) is 0 Å². The molecule has 1 fully saturated rings. The summed E-state index contributed by atoms with van der Waals surface area (Å²) in [4.78, 5) is 21.8. The average molecular weight is 283 g/mol. The minimum absolute atomic E-state index is 0.315. The third kappa shape index (κ3) is 3.06. The number of nitrogens with zero attached hydrogens (tertiary/aromatic N) is 3. The average Bonchev–Trinajstić information content (AvgIpc) is 2.71. The summed E-state index contributed by atoms with van der Waals surface area (Å²) in [7, 11) is 2.13. The Balaban J connectivity index is 2.17. The highest BCUT2D eigenvalue weighted by molar-refractivity contribution is 7.15. The molecule has 1 unspecified atom stereocenters. The lowest BCUT2D eigenvalue weighted by molar-refractivity contribution is 0.0519. The molecule has 0 bridgehead atoms. The highest BCUT2D eigenvalue weighted by Gasteiger charge is 2.26. The van der Waals surface area contributed by atoms with Gasteiger partial charge in [0.05, 0.1) is 6.61 Å². The number of likely N-dealkylation sites (N-methyl/N-ethyl adjacent to an activating group) is 1. The second kappa shape index (κ2) is 5.88. The third-order valence-corrected chi connectivity index (χ3v) is 4.34. The zero-order valence-electron chi connectivity index (χ0n) is 12.0. The molecule has 19 heavy (non-hydrogen) atoms. The van der Waals surface area contributed by atoms with E-state index in [1.165, 1.54) is 0 Å². The number of piperazine rings is 1. The fourth-order valence-corrected chi connectivity index (χ4v) is 3.34. The quantitative estimate of drug-likeness (QED) is 0.791. The van der Waals surface area contributed by atoms with Crippen molar-refractivity contribution in [2.75, 3.05) is 38.2 Å². The van der Waals surface area contributed by atoms with Crippen molar-refractivity contribution in [2.45, 2.75) is 26.8 Å². The van der Waals surface area contributed by atoms with Crippen LogP contribution < -0.4 is 4.90 Å². The van der Waals surface area contributed by atoms with E-state index in [0.29, 0.717) is 18.3 Å². The summed E-state index contributed by atoms with van der Waals surface area (Å²) < 4.78 is 5.03. The number of carbonyl (C=O) groups is 1. The predicted molar refractivity (Wildman–Crippen MR) is 77.1 cm³/mol. The smallest absolute Gasteiger partial charge is 0.358 e. The number of thiazole rings is 1. The van der Waals surface area contributed by atoms with Crippen LogP contribution in [-0.2, 0) is 4.74 Å². The van der Waals surface area contributed by atoms with Gasteiger partial charge in [0.15, 0.2) is 10.8 Å². The number of carbonyl (C=O) groups excluding carboxylic acids is 1. The lowest BCUT2D eigenvalue weighted by Crippen LogP contribution is -2.50. The largest absolute Gasteiger partial charge is 0.461 e. The first-order valence-corrected chi connectivity index (χ1v) is 7.44. The molecular weight excluding hydrogens is 262 g/mol. The molecule has 0 aromatic carbocycles. The number of esters is 1. The van der Waals surface area contributed by atoms with Gasteiger partial charge in [-0.2, -0.15) is 0 Å². The normalized spacial score (nSPS) is 20.6. The predicted octanol–water partition coefficient (Wildman–Crippen LogP) is 1.77. The molecule has 6 heteroatoms. The molecule has 0 spiro atoms. The molecule has 1 aliphatic rings. The van der Waals surface area contributed by atoms with Crippen LogP contribution in [-0.4, -0.2) is 55.2 Å². The number of ether oxygens (including phenoxy) is 1. The van der Waals surface area contributed by atoms with Gasteiger partial charge in [0.2, 0.25) is 0 Å². The molecule has 0 radical (unpaired) electrons.